The van der Waals surface area contributed by atoms with Crippen molar-refractivity contribution in [3.05, 3.63) is 29.8 Å². The zero-order valence-electron chi connectivity index (χ0n) is 13.1. The molecule has 1 aromatic carbocycles. The zero-order valence-corrected chi connectivity index (χ0v) is 14.7. The van der Waals surface area contributed by atoms with Crippen LogP contribution >= 0.6 is 12.4 Å². The molecule has 2 rings (SSSR count). The van der Waals surface area contributed by atoms with Crippen molar-refractivity contribution in [2.24, 2.45) is 11.7 Å². The first kappa shape index (κ1) is 20.8. The molecule has 0 saturated carbocycles. The van der Waals surface area contributed by atoms with E-state index < -0.39 is 26.6 Å². The lowest BCUT2D eigenvalue weighted by Crippen LogP contribution is -2.52. The van der Waals surface area contributed by atoms with Crippen LogP contribution in [0.25, 0.3) is 0 Å². The predicted octanol–water partition coefficient (Wildman–Crippen LogP) is 0.814. The van der Waals surface area contributed by atoms with Gasteiger partial charge in [0, 0.05) is 44.7 Å². The molecule has 0 aromatic heterocycles. The summed E-state index contributed by atoms with van der Waals surface area (Å²) in [6, 6.07) is 2.35. The Kier molecular flexibility index (Phi) is 7.09. The highest BCUT2D eigenvalue weighted by Gasteiger charge is 2.32. The molecule has 24 heavy (non-hydrogen) atoms. The van der Waals surface area contributed by atoms with E-state index in [9.17, 15) is 22.0 Å². The number of rotatable bonds is 4. The molecule has 1 aromatic rings. The van der Waals surface area contributed by atoms with Gasteiger partial charge in [0.2, 0.25) is 15.9 Å². The Morgan fingerprint density at radius 1 is 1.25 bits per heavy atom. The van der Waals surface area contributed by atoms with E-state index >= 15 is 0 Å². The van der Waals surface area contributed by atoms with Gasteiger partial charge in [-0.1, -0.05) is 6.92 Å². The molecule has 0 radical (unpaired) electrons. The maximum atomic E-state index is 13.7. The Morgan fingerprint density at radius 2 is 1.83 bits per heavy atom. The lowest BCUT2D eigenvalue weighted by Gasteiger charge is -2.35. The van der Waals surface area contributed by atoms with Gasteiger partial charge in [-0.25, -0.2) is 17.2 Å². The summed E-state index contributed by atoms with van der Waals surface area (Å²) >= 11 is 0. The third-order valence-electron chi connectivity index (χ3n) is 3.84. The van der Waals surface area contributed by atoms with E-state index in [1.54, 1.807) is 11.8 Å². The largest absolute Gasteiger partial charge is 0.340 e. The quantitative estimate of drug-likeness (QED) is 0.834. The molecular formula is C14H20ClF2N3O3S. The fourth-order valence-corrected chi connectivity index (χ4v) is 3.85. The van der Waals surface area contributed by atoms with E-state index in [2.05, 4.69) is 0 Å². The Labute approximate surface area is 146 Å². The Morgan fingerprint density at radius 3 is 2.33 bits per heavy atom. The van der Waals surface area contributed by atoms with E-state index in [-0.39, 0.29) is 57.0 Å². The third-order valence-corrected chi connectivity index (χ3v) is 5.77. The van der Waals surface area contributed by atoms with Crippen LogP contribution in [0.15, 0.2) is 23.1 Å². The minimum Gasteiger partial charge on any atom is -0.340 e. The number of amides is 1. The fourth-order valence-electron chi connectivity index (χ4n) is 2.38. The molecule has 6 nitrogen and oxygen atoms in total. The second kappa shape index (κ2) is 8.19. The first-order chi connectivity index (χ1) is 10.8. The smallest absolute Gasteiger partial charge is 0.246 e. The van der Waals surface area contributed by atoms with Crippen molar-refractivity contribution < 1.29 is 22.0 Å². The number of carbonyl (C=O) groups excluding carboxylic acids is 1. The molecular weight excluding hydrogens is 364 g/mol. The number of hydrogen-bond donors (Lipinski definition) is 1. The predicted molar refractivity (Wildman–Crippen MR) is 87.2 cm³/mol. The molecule has 0 aliphatic carbocycles. The van der Waals surface area contributed by atoms with Gasteiger partial charge in [-0.15, -0.1) is 12.4 Å². The van der Waals surface area contributed by atoms with Crippen molar-refractivity contribution in [1.29, 1.82) is 0 Å². The van der Waals surface area contributed by atoms with Crippen LogP contribution in [0.5, 0.6) is 0 Å². The average molecular weight is 384 g/mol. The zero-order chi connectivity index (χ0) is 17.2. The van der Waals surface area contributed by atoms with Gasteiger partial charge in [0.1, 0.15) is 16.5 Å². The number of piperazine rings is 1. The van der Waals surface area contributed by atoms with Crippen molar-refractivity contribution in [3.8, 4) is 0 Å². The summed E-state index contributed by atoms with van der Waals surface area (Å²) in [5.74, 6) is -2.42. The molecule has 0 spiro atoms. The summed E-state index contributed by atoms with van der Waals surface area (Å²) in [6.45, 7) is 2.47. The summed E-state index contributed by atoms with van der Waals surface area (Å²) in [4.78, 5) is 13.0. The summed E-state index contributed by atoms with van der Waals surface area (Å²) in [5.41, 5.74) is 5.45. The van der Waals surface area contributed by atoms with Gasteiger partial charge in [-0.3, -0.25) is 4.79 Å². The van der Waals surface area contributed by atoms with Crippen LogP contribution in [0, 0.1) is 17.6 Å². The minimum absolute atomic E-state index is 0. The molecule has 1 aliphatic rings. The van der Waals surface area contributed by atoms with Gasteiger partial charge < -0.3 is 10.6 Å². The van der Waals surface area contributed by atoms with Gasteiger partial charge in [0.15, 0.2) is 0 Å². The van der Waals surface area contributed by atoms with Crippen molar-refractivity contribution in [2.45, 2.75) is 11.8 Å². The molecule has 1 heterocycles. The Balaban J connectivity index is 0.00000288. The van der Waals surface area contributed by atoms with Crippen LogP contribution in [-0.2, 0) is 14.8 Å². The SMILES string of the molecule is CC(CN)C(=O)N1CCN(S(=O)(=O)c2ccc(F)cc2F)CC1.Cl. The Hall–Kier alpha value is -1.29. The Bertz CT molecular complexity index is 695. The minimum atomic E-state index is -4.06. The molecule has 10 heteroatoms. The van der Waals surface area contributed by atoms with Gasteiger partial charge >= 0.3 is 0 Å². The second-order valence-electron chi connectivity index (χ2n) is 5.44. The highest BCUT2D eigenvalue weighted by Crippen LogP contribution is 2.21. The fraction of sp³-hybridized carbons (Fsp3) is 0.500. The van der Waals surface area contributed by atoms with Crippen LogP contribution in [0.3, 0.4) is 0 Å². The molecule has 2 N–H and O–H groups in total. The topological polar surface area (TPSA) is 83.7 Å². The van der Waals surface area contributed by atoms with Crippen LogP contribution in [-0.4, -0.2) is 56.3 Å². The van der Waals surface area contributed by atoms with E-state index in [4.69, 9.17) is 5.73 Å². The highest BCUT2D eigenvalue weighted by molar-refractivity contribution is 7.89. The molecule has 1 unspecified atom stereocenters. The number of hydrogen-bond acceptors (Lipinski definition) is 4. The van der Waals surface area contributed by atoms with Gasteiger partial charge in [-0.2, -0.15) is 4.31 Å². The molecule has 1 aliphatic heterocycles. The molecule has 1 atom stereocenters. The summed E-state index contributed by atoms with van der Waals surface area (Å²) in [6.07, 6.45) is 0. The lowest BCUT2D eigenvalue weighted by molar-refractivity contribution is -0.135. The first-order valence-electron chi connectivity index (χ1n) is 7.21. The van der Waals surface area contributed by atoms with Gasteiger partial charge in [0.05, 0.1) is 0 Å². The number of nitrogens with two attached hydrogens (primary N) is 1. The van der Waals surface area contributed by atoms with Crippen molar-refractivity contribution in [2.75, 3.05) is 32.7 Å². The van der Waals surface area contributed by atoms with E-state index in [1.165, 1.54) is 0 Å². The summed E-state index contributed by atoms with van der Waals surface area (Å²) in [7, 11) is -4.06. The maximum absolute atomic E-state index is 13.7. The molecule has 1 amide bonds. The van der Waals surface area contributed by atoms with Crippen LogP contribution in [0.1, 0.15) is 6.92 Å². The number of nitrogens with zero attached hydrogens (tertiary/aromatic N) is 2. The number of sulfonamides is 1. The van der Waals surface area contributed by atoms with Crippen LogP contribution < -0.4 is 5.73 Å². The monoisotopic (exact) mass is 383 g/mol. The number of carbonyl (C=O) groups is 1. The first-order valence-corrected chi connectivity index (χ1v) is 8.65. The third kappa shape index (κ3) is 4.21. The molecule has 0 bridgehead atoms. The summed E-state index contributed by atoms with van der Waals surface area (Å²) in [5, 5.41) is 0. The van der Waals surface area contributed by atoms with Crippen LogP contribution in [0.4, 0.5) is 8.78 Å². The molecule has 136 valence electrons. The average Bonchev–Trinajstić information content (AvgIpc) is 2.53. The highest BCUT2D eigenvalue weighted by atomic mass is 35.5. The molecule has 1 saturated heterocycles. The number of benzene rings is 1. The van der Waals surface area contributed by atoms with E-state index in [0.717, 1.165) is 16.4 Å². The standard InChI is InChI=1S/C14H19F2N3O3S.ClH/c1-10(9-17)14(20)18-4-6-19(7-5-18)23(21,22)13-3-2-11(15)8-12(13)16;/h2-3,8,10H,4-7,9,17H2,1H3;1H. The molecule has 1 fully saturated rings. The lowest BCUT2D eigenvalue weighted by atomic mass is 10.1. The van der Waals surface area contributed by atoms with Gasteiger partial charge in [0.25, 0.3) is 0 Å². The second-order valence-corrected chi connectivity index (χ2v) is 7.35. The van der Waals surface area contributed by atoms with Crippen molar-refractivity contribution >= 4 is 28.3 Å². The van der Waals surface area contributed by atoms with Crippen molar-refractivity contribution in [3.63, 3.8) is 0 Å². The maximum Gasteiger partial charge on any atom is 0.246 e. The normalized spacial score (nSPS) is 17.2. The van der Waals surface area contributed by atoms with Crippen LogP contribution in [0.2, 0.25) is 0 Å². The van der Waals surface area contributed by atoms with E-state index in [0.29, 0.717) is 6.07 Å². The van der Waals surface area contributed by atoms with E-state index in [1.807, 2.05) is 0 Å². The van der Waals surface area contributed by atoms with Crippen molar-refractivity contribution in [1.82, 2.24) is 9.21 Å². The van der Waals surface area contributed by atoms with Gasteiger partial charge in [-0.05, 0) is 12.1 Å². The number of halogens is 3. The summed E-state index contributed by atoms with van der Waals surface area (Å²) < 4.78 is 52.6.